The summed E-state index contributed by atoms with van der Waals surface area (Å²) in [6.45, 7) is 4.03. The van der Waals surface area contributed by atoms with E-state index in [2.05, 4.69) is 15.7 Å². The number of anilines is 1. The van der Waals surface area contributed by atoms with Crippen molar-refractivity contribution in [3.63, 3.8) is 0 Å². The van der Waals surface area contributed by atoms with Gasteiger partial charge in [-0.3, -0.25) is 9.48 Å². The van der Waals surface area contributed by atoms with Crippen LogP contribution in [0.15, 0.2) is 30.6 Å². The van der Waals surface area contributed by atoms with Crippen LogP contribution >= 0.6 is 0 Å². The van der Waals surface area contributed by atoms with E-state index < -0.39 is 6.04 Å². The van der Waals surface area contributed by atoms with Gasteiger partial charge in [0, 0.05) is 24.5 Å². The molecular formula is C15H20N4O. The first-order chi connectivity index (χ1) is 9.52. The largest absolute Gasteiger partial charge is 0.324 e. The number of carbonyl (C=O) groups excluding carboxylic acids is 1. The van der Waals surface area contributed by atoms with E-state index in [1.54, 1.807) is 17.9 Å². The van der Waals surface area contributed by atoms with Gasteiger partial charge in [0.2, 0.25) is 5.91 Å². The van der Waals surface area contributed by atoms with Crippen molar-refractivity contribution in [2.75, 3.05) is 12.4 Å². The molecule has 1 atom stereocenters. The van der Waals surface area contributed by atoms with E-state index >= 15 is 0 Å². The fraction of sp³-hybridized carbons (Fsp3) is 0.333. The van der Waals surface area contributed by atoms with E-state index in [9.17, 15) is 4.79 Å². The van der Waals surface area contributed by atoms with Crippen molar-refractivity contribution in [2.24, 2.45) is 7.05 Å². The third-order valence-corrected chi connectivity index (χ3v) is 3.47. The Hall–Kier alpha value is -2.14. The number of aryl methyl sites for hydroxylation is 2. The minimum absolute atomic E-state index is 0.0887. The SMILES string of the molecule is CNC(C(=O)Nc1cccc(C)c1C)c1cnn(C)c1. The smallest absolute Gasteiger partial charge is 0.246 e. The van der Waals surface area contributed by atoms with Gasteiger partial charge in [-0.25, -0.2) is 0 Å². The average Bonchev–Trinajstić information content (AvgIpc) is 2.82. The first kappa shape index (κ1) is 14.3. The number of rotatable bonds is 4. The van der Waals surface area contributed by atoms with E-state index in [1.165, 1.54) is 0 Å². The molecule has 5 heteroatoms. The van der Waals surface area contributed by atoms with Crippen LogP contribution in [0.2, 0.25) is 0 Å². The zero-order chi connectivity index (χ0) is 14.7. The molecule has 5 nitrogen and oxygen atoms in total. The normalized spacial score (nSPS) is 12.2. The minimum Gasteiger partial charge on any atom is -0.324 e. The second-order valence-electron chi connectivity index (χ2n) is 4.91. The lowest BCUT2D eigenvalue weighted by molar-refractivity contribution is -0.118. The van der Waals surface area contributed by atoms with Crippen LogP contribution in [0.3, 0.4) is 0 Å². The van der Waals surface area contributed by atoms with Gasteiger partial charge in [-0.2, -0.15) is 5.10 Å². The number of amides is 1. The summed E-state index contributed by atoms with van der Waals surface area (Å²) < 4.78 is 1.69. The fourth-order valence-electron chi connectivity index (χ4n) is 2.13. The van der Waals surface area contributed by atoms with Gasteiger partial charge in [0.25, 0.3) is 0 Å². The first-order valence-corrected chi connectivity index (χ1v) is 6.56. The van der Waals surface area contributed by atoms with Gasteiger partial charge in [-0.05, 0) is 38.1 Å². The van der Waals surface area contributed by atoms with Crippen molar-refractivity contribution in [1.82, 2.24) is 15.1 Å². The Kier molecular flexibility index (Phi) is 4.20. The fourth-order valence-corrected chi connectivity index (χ4v) is 2.13. The molecule has 0 radical (unpaired) electrons. The molecule has 1 amide bonds. The molecule has 0 saturated heterocycles. The van der Waals surface area contributed by atoms with Crippen LogP contribution in [0.1, 0.15) is 22.7 Å². The molecule has 0 saturated carbocycles. The highest BCUT2D eigenvalue weighted by Gasteiger charge is 2.20. The van der Waals surface area contributed by atoms with Gasteiger partial charge in [0.05, 0.1) is 6.20 Å². The number of carbonyl (C=O) groups is 1. The van der Waals surface area contributed by atoms with Gasteiger partial charge in [0.15, 0.2) is 0 Å². The average molecular weight is 272 g/mol. The van der Waals surface area contributed by atoms with E-state index in [0.29, 0.717) is 0 Å². The predicted octanol–water partition coefficient (Wildman–Crippen LogP) is 1.94. The van der Waals surface area contributed by atoms with Gasteiger partial charge >= 0.3 is 0 Å². The summed E-state index contributed by atoms with van der Waals surface area (Å²) in [5, 5.41) is 10.1. The van der Waals surface area contributed by atoms with Crippen LogP contribution < -0.4 is 10.6 Å². The van der Waals surface area contributed by atoms with Crippen molar-refractivity contribution in [1.29, 1.82) is 0 Å². The molecule has 0 bridgehead atoms. The van der Waals surface area contributed by atoms with Crippen LogP contribution in [-0.4, -0.2) is 22.7 Å². The maximum atomic E-state index is 12.4. The summed E-state index contributed by atoms with van der Waals surface area (Å²) in [6, 6.07) is 5.47. The molecular weight excluding hydrogens is 252 g/mol. The first-order valence-electron chi connectivity index (χ1n) is 6.56. The van der Waals surface area contributed by atoms with Gasteiger partial charge in [-0.15, -0.1) is 0 Å². The van der Waals surface area contributed by atoms with Gasteiger partial charge in [0.1, 0.15) is 6.04 Å². The molecule has 2 N–H and O–H groups in total. The molecule has 0 aliphatic carbocycles. The molecule has 1 aromatic carbocycles. The van der Waals surface area contributed by atoms with E-state index in [1.807, 2.05) is 45.3 Å². The third kappa shape index (κ3) is 2.88. The maximum Gasteiger partial charge on any atom is 0.246 e. The quantitative estimate of drug-likeness (QED) is 0.894. The Morgan fingerprint density at radius 2 is 2.10 bits per heavy atom. The minimum atomic E-state index is -0.413. The van der Waals surface area contributed by atoms with Gasteiger partial charge < -0.3 is 10.6 Å². The van der Waals surface area contributed by atoms with E-state index in [4.69, 9.17) is 0 Å². The molecule has 1 unspecified atom stereocenters. The molecule has 2 aromatic rings. The monoisotopic (exact) mass is 272 g/mol. The summed E-state index contributed by atoms with van der Waals surface area (Å²) in [4.78, 5) is 12.4. The van der Waals surface area contributed by atoms with Crippen molar-refractivity contribution >= 4 is 11.6 Å². The molecule has 20 heavy (non-hydrogen) atoms. The number of nitrogens with zero attached hydrogens (tertiary/aromatic N) is 2. The van der Waals surface area contributed by atoms with Crippen molar-refractivity contribution < 1.29 is 4.79 Å². The Bertz CT molecular complexity index is 618. The molecule has 1 aromatic heterocycles. The van der Waals surface area contributed by atoms with Gasteiger partial charge in [-0.1, -0.05) is 12.1 Å². The number of benzene rings is 1. The molecule has 0 aliphatic rings. The summed E-state index contributed by atoms with van der Waals surface area (Å²) in [7, 11) is 3.60. The molecule has 0 fully saturated rings. The highest BCUT2D eigenvalue weighted by Crippen LogP contribution is 2.20. The standard InChI is InChI=1S/C15H20N4O/c1-10-6-5-7-13(11(10)2)18-15(20)14(16-3)12-8-17-19(4)9-12/h5-9,14,16H,1-4H3,(H,18,20). The second-order valence-corrected chi connectivity index (χ2v) is 4.91. The lowest BCUT2D eigenvalue weighted by atomic mass is 10.1. The zero-order valence-corrected chi connectivity index (χ0v) is 12.3. The number of hydrogen-bond donors (Lipinski definition) is 2. The predicted molar refractivity (Wildman–Crippen MR) is 79.6 cm³/mol. The van der Waals surface area contributed by atoms with Crippen LogP contribution in [0.5, 0.6) is 0 Å². The van der Waals surface area contributed by atoms with Crippen LogP contribution in [0, 0.1) is 13.8 Å². The lowest BCUT2D eigenvalue weighted by Gasteiger charge is -2.16. The molecule has 1 heterocycles. The molecule has 2 rings (SSSR count). The zero-order valence-electron chi connectivity index (χ0n) is 12.3. The summed E-state index contributed by atoms with van der Waals surface area (Å²) in [5.74, 6) is -0.0887. The summed E-state index contributed by atoms with van der Waals surface area (Å²) in [5.41, 5.74) is 3.93. The highest BCUT2D eigenvalue weighted by molar-refractivity contribution is 5.96. The molecule has 0 aliphatic heterocycles. The molecule has 106 valence electrons. The van der Waals surface area contributed by atoms with E-state index in [0.717, 1.165) is 22.4 Å². The Labute approximate surface area is 119 Å². The number of hydrogen-bond acceptors (Lipinski definition) is 3. The lowest BCUT2D eigenvalue weighted by Crippen LogP contribution is -2.30. The van der Waals surface area contributed by atoms with E-state index in [-0.39, 0.29) is 5.91 Å². The Morgan fingerprint density at radius 1 is 1.35 bits per heavy atom. The summed E-state index contributed by atoms with van der Waals surface area (Å²) >= 11 is 0. The molecule has 0 spiro atoms. The summed E-state index contributed by atoms with van der Waals surface area (Å²) in [6.07, 6.45) is 3.54. The van der Waals surface area contributed by atoms with Crippen molar-refractivity contribution in [2.45, 2.75) is 19.9 Å². The third-order valence-electron chi connectivity index (χ3n) is 3.47. The highest BCUT2D eigenvalue weighted by atomic mass is 16.2. The topological polar surface area (TPSA) is 59.0 Å². The Balaban J connectivity index is 2.20. The maximum absolute atomic E-state index is 12.4. The number of nitrogens with one attached hydrogen (secondary N) is 2. The Morgan fingerprint density at radius 3 is 2.70 bits per heavy atom. The van der Waals surface area contributed by atoms with Crippen molar-refractivity contribution in [3.05, 3.63) is 47.3 Å². The number of aromatic nitrogens is 2. The second kappa shape index (κ2) is 5.88. The van der Waals surface area contributed by atoms with Crippen LogP contribution in [-0.2, 0) is 11.8 Å². The van der Waals surface area contributed by atoms with Crippen LogP contribution in [0.25, 0.3) is 0 Å². The number of likely N-dealkylation sites (N-methyl/N-ethyl adjacent to an activating group) is 1. The van der Waals surface area contributed by atoms with Crippen molar-refractivity contribution in [3.8, 4) is 0 Å². The van der Waals surface area contributed by atoms with Crippen LogP contribution in [0.4, 0.5) is 5.69 Å².